The van der Waals surface area contributed by atoms with Gasteiger partial charge in [0.15, 0.2) is 16.1 Å². The first-order chi connectivity index (χ1) is 35.7. The summed E-state index contributed by atoms with van der Waals surface area (Å²) < 4.78 is 16.3. The molecule has 0 bridgehead atoms. The Morgan fingerprint density at radius 2 is 0.583 bits per heavy atom. The summed E-state index contributed by atoms with van der Waals surface area (Å²) in [5.41, 5.74) is 6.58. The van der Waals surface area contributed by atoms with Crippen molar-refractivity contribution in [3.63, 3.8) is 0 Å². The molecule has 0 amide bonds. The van der Waals surface area contributed by atoms with Gasteiger partial charge in [0.25, 0.3) is 6.71 Å². The lowest BCUT2D eigenvalue weighted by Crippen LogP contribution is -2.74. The van der Waals surface area contributed by atoms with E-state index in [0.717, 1.165) is 56.1 Å². The van der Waals surface area contributed by atoms with Crippen LogP contribution in [0.4, 0.5) is 0 Å². The summed E-state index contributed by atoms with van der Waals surface area (Å²) in [5.74, 6) is 3.38. The number of rotatable bonds is 9. The number of ether oxygens (including phenoxy) is 2. The van der Waals surface area contributed by atoms with Crippen LogP contribution < -0.4 is 67.4 Å². The summed E-state index contributed by atoms with van der Waals surface area (Å²) >= 11 is 0. The third-order valence-corrected chi connectivity index (χ3v) is 25.0. The third kappa shape index (κ3) is 6.36. The fraction of sp³-hybridized carbons (Fsp3) is 0. The first kappa shape index (κ1) is 42.2. The lowest BCUT2D eigenvalue weighted by molar-refractivity contribution is 0.464. The molecule has 0 atom stereocenters. The van der Waals surface area contributed by atoms with Crippen LogP contribution in [0.5, 0.6) is 23.0 Å². The van der Waals surface area contributed by atoms with Crippen LogP contribution in [0.3, 0.4) is 0 Å². The topological polar surface area (TPSA) is 23.4 Å². The van der Waals surface area contributed by atoms with Crippen molar-refractivity contribution >= 4 is 103 Å². The van der Waals surface area contributed by atoms with Gasteiger partial charge in [0.05, 0.1) is 16.7 Å². The van der Waals surface area contributed by atoms with E-state index in [4.69, 9.17) is 9.47 Å². The van der Waals surface area contributed by atoms with Gasteiger partial charge < -0.3 is 14.0 Å². The molecule has 0 spiro atoms. The Labute approximate surface area is 422 Å². The quantitative estimate of drug-likeness (QED) is 0.108. The highest BCUT2D eigenvalue weighted by molar-refractivity contribution is 7.20. The molecular formula is C66H46BNO2Si2. The second kappa shape index (κ2) is 17.0. The van der Waals surface area contributed by atoms with Crippen LogP contribution in [0.25, 0.3) is 27.5 Å². The van der Waals surface area contributed by atoms with Gasteiger partial charge in [-0.05, 0) is 76.7 Å². The van der Waals surface area contributed by atoms with Gasteiger partial charge in [0, 0.05) is 28.4 Å². The lowest BCUT2D eigenvalue weighted by atomic mass is 9.35. The van der Waals surface area contributed by atoms with Crippen molar-refractivity contribution in [2.45, 2.75) is 0 Å². The third-order valence-electron chi connectivity index (χ3n) is 15.4. The molecule has 2 aliphatic heterocycles. The van der Waals surface area contributed by atoms with E-state index in [-0.39, 0.29) is 6.71 Å². The fourth-order valence-electron chi connectivity index (χ4n) is 12.4. The van der Waals surface area contributed by atoms with Crippen molar-refractivity contribution in [3.05, 3.63) is 279 Å². The Bertz CT molecular complexity index is 3530. The second-order valence-corrected chi connectivity index (χ2v) is 26.7. The molecule has 0 N–H and O–H groups in total. The highest BCUT2D eigenvalue weighted by atomic mass is 28.3. The summed E-state index contributed by atoms with van der Waals surface area (Å²) in [6.45, 7) is -0.0127. The molecular weight excluding hydrogens is 906 g/mol. The zero-order valence-corrected chi connectivity index (χ0v) is 41.4. The molecule has 72 heavy (non-hydrogen) atoms. The van der Waals surface area contributed by atoms with Gasteiger partial charge in [0.1, 0.15) is 23.0 Å². The monoisotopic (exact) mass is 951 g/mol. The minimum absolute atomic E-state index is 0.0127. The molecule has 0 radical (unpaired) electrons. The van der Waals surface area contributed by atoms with Gasteiger partial charge in [-0.3, -0.25) is 0 Å². The van der Waals surface area contributed by atoms with Crippen molar-refractivity contribution in [3.8, 4) is 28.7 Å². The minimum Gasteiger partial charge on any atom is -0.458 e. The van der Waals surface area contributed by atoms with Crippen LogP contribution in [0, 0.1) is 0 Å². The average molecular weight is 952 g/mol. The van der Waals surface area contributed by atoms with Crippen LogP contribution in [-0.2, 0) is 0 Å². The van der Waals surface area contributed by atoms with Gasteiger partial charge in [-0.1, -0.05) is 243 Å². The van der Waals surface area contributed by atoms with Crippen molar-refractivity contribution in [1.82, 2.24) is 4.57 Å². The summed E-state index contributed by atoms with van der Waals surface area (Å²) in [5, 5.41) is 13.1. The predicted octanol–water partition coefficient (Wildman–Crippen LogP) is 8.27. The molecule has 3 heterocycles. The van der Waals surface area contributed by atoms with Gasteiger partial charge in [-0.2, -0.15) is 0 Å². The van der Waals surface area contributed by atoms with E-state index in [1.165, 1.54) is 52.3 Å². The molecule has 1 aromatic heterocycles. The first-order valence-electron chi connectivity index (χ1n) is 24.9. The Morgan fingerprint density at radius 1 is 0.278 bits per heavy atom. The normalized spacial score (nSPS) is 12.6. The maximum atomic E-state index is 6.94. The molecule has 11 aromatic carbocycles. The Morgan fingerprint density at radius 3 is 0.917 bits per heavy atom. The molecule has 0 saturated carbocycles. The zero-order valence-electron chi connectivity index (χ0n) is 39.4. The number of nitrogens with zero attached hydrogens (tertiary/aromatic N) is 1. The summed E-state index contributed by atoms with van der Waals surface area (Å²) in [6, 6.07) is 104. The predicted molar refractivity (Wildman–Crippen MR) is 306 cm³/mol. The molecule has 338 valence electrons. The van der Waals surface area contributed by atoms with E-state index < -0.39 is 16.1 Å². The molecule has 14 rings (SSSR count). The fourth-order valence-corrected chi connectivity index (χ4v) is 21.9. The zero-order chi connectivity index (χ0) is 47.6. The van der Waals surface area contributed by atoms with Crippen LogP contribution in [0.2, 0.25) is 0 Å². The smallest absolute Gasteiger partial charge is 0.260 e. The minimum atomic E-state index is -2.93. The maximum Gasteiger partial charge on any atom is 0.260 e. The van der Waals surface area contributed by atoms with E-state index in [1.54, 1.807) is 0 Å². The number of benzene rings is 11. The van der Waals surface area contributed by atoms with E-state index in [0.29, 0.717) is 0 Å². The highest BCUT2D eigenvalue weighted by Crippen LogP contribution is 2.39. The molecule has 0 saturated heterocycles. The van der Waals surface area contributed by atoms with Gasteiger partial charge in [-0.25, -0.2) is 0 Å². The molecule has 0 unspecified atom stereocenters. The summed E-state index contributed by atoms with van der Waals surface area (Å²) in [4.78, 5) is 0. The van der Waals surface area contributed by atoms with Crippen LogP contribution in [-0.4, -0.2) is 27.4 Å². The molecule has 0 aliphatic carbocycles. The number of aromatic nitrogens is 1. The van der Waals surface area contributed by atoms with E-state index in [2.05, 4.69) is 284 Å². The van der Waals surface area contributed by atoms with Crippen LogP contribution >= 0.6 is 0 Å². The standard InChI is InChI=1S/C66H46BNO2Si2/c1-7-23-48(24-8-1)71(49-25-9-2-10-26-49,50-27-11-3-12-28-50)54-39-41-60-56(45-54)57-46-55(72(51-29-13-4-14-30-51,52-31-15-5-16-32-52)53-33-17-6-18-34-53)40-42-61(57)68(60)47-43-64-66-65(44-47)70-63-38-22-20-36-59(63)67(66)58-35-19-21-37-62(58)69-64/h1-46H. The van der Waals surface area contributed by atoms with Crippen LogP contribution in [0.1, 0.15) is 0 Å². The summed E-state index contributed by atoms with van der Waals surface area (Å²) in [7, 11) is -5.85. The highest BCUT2D eigenvalue weighted by Gasteiger charge is 2.44. The lowest BCUT2D eigenvalue weighted by Gasteiger charge is -2.34. The van der Waals surface area contributed by atoms with Gasteiger partial charge >= 0.3 is 0 Å². The summed E-state index contributed by atoms with van der Waals surface area (Å²) in [6.07, 6.45) is 0. The molecule has 6 heteroatoms. The Balaban J connectivity index is 1.09. The Kier molecular flexibility index (Phi) is 9.98. The van der Waals surface area contributed by atoms with Crippen molar-refractivity contribution < 1.29 is 9.47 Å². The number of hydrogen-bond acceptors (Lipinski definition) is 2. The Hall–Kier alpha value is -8.68. The van der Waals surface area contributed by atoms with Crippen molar-refractivity contribution in [1.29, 1.82) is 0 Å². The second-order valence-electron chi connectivity index (χ2n) is 19.1. The number of fused-ring (bicyclic) bond motifs is 7. The first-order valence-corrected chi connectivity index (χ1v) is 28.9. The molecule has 12 aromatic rings. The van der Waals surface area contributed by atoms with Crippen molar-refractivity contribution in [2.24, 2.45) is 0 Å². The van der Waals surface area contributed by atoms with Gasteiger partial charge in [-0.15, -0.1) is 0 Å². The molecule has 3 nitrogen and oxygen atoms in total. The largest absolute Gasteiger partial charge is 0.458 e. The van der Waals surface area contributed by atoms with Gasteiger partial charge in [0.2, 0.25) is 0 Å². The maximum absolute atomic E-state index is 6.94. The molecule has 0 fully saturated rings. The van der Waals surface area contributed by atoms with E-state index >= 15 is 0 Å². The van der Waals surface area contributed by atoms with E-state index in [9.17, 15) is 0 Å². The van der Waals surface area contributed by atoms with Crippen molar-refractivity contribution in [2.75, 3.05) is 0 Å². The number of para-hydroxylation sites is 2. The van der Waals surface area contributed by atoms with Crippen LogP contribution in [0.15, 0.2) is 279 Å². The number of hydrogen-bond donors (Lipinski definition) is 0. The SMILES string of the molecule is c1ccc([Si](c2ccccc2)(c2ccccc2)c2ccc3c(c2)c2cc([Si](c4ccccc4)(c4ccccc4)c4ccccc4)ccc2n3-c2cc3c4c(c2)Oc2ccccc2B4c2ccccc2O3)cc1. The average Bonchev–Trinajstić information content (AvgIpc) is 3.78. The molecule has 2 aliphatic rings. The van der Waals surface area contributed by atoms with E-state index in [1.807, 2.05) is 0 Å².